The largest absolute Gasteiger partial charge is 0.444 e. The standard InChI is InChI=1S/C16H31NO3/c1-16(2,3)20-15(19)17-11-10-14-8-6-13(7-9-14)5-4-12-18/h13-14,18H,4-12H2,1-3H3,(H,17,19)/t13-,14-. The summed E-state index contributed by atoms with van der Waals surface area (Å²) in [4.78, 5) is 11.5. The maximum Gasteiger partial charge on any atom is 0.407 e. The average Bonchev–Trinajstić information content (AvgIpc) is 2.35. The fraction of sp³-hybridized carbons (Fsp3) is 0.938. The highest BCUT2D eigenvalue weighted by molar-refractivity contribution is 5.67. The smallest absolute Gasteiger partial charge is 0.407 e. The Hall–Kier alpha value is -0.770. The molecule has 0 aromatic carbocycles. The van der Waals surface area contributed by atoms with Crippen LogP contribution in [0, 0.1) is 11.8 Å². The molecule has 4 heteroatoms. The molecule has 1 fully saturated rings. The van der Waals surface area contributed by atoms with Crippen molar-refractivity contribution in [3.8, 4) is 0 Å². The molecule has 1 aliphatic carbocycles. The van der Waals surface area contributed by atoms with Crippen LogP contribution in [-0.4, -0.2) is 30.0 Å². The molecule has 1 saturated carbocycles. The molecule has 0 heterocycles. The van der Waals surface area contributed by atoms with E-state index in [1.807, 2.05) is 20.8 Å². The molecule has 1 aliphatic rings. The minimum atomic E-state index is -0.422. The molecule has 0 aromatic heterocycles. The Labute approximate surface area is 123 Å². The van der Waals surface area contributed by atoms with Crippen molar-refractivity contribution in [3.63, 3.8) is 0 Å². The van der Waals surface area contributed by atoms with Crippen LogP contribution in [0.15, 0.2) is 0 Å². The van der Waals surface area contributed by atoms with E-state index in [0.29, 0.717) is 13.2 Å². The van der Waals surface area contributed by atoms with Crippen molar-refractivity contribution in [3.05, 3.63) is 0 Å². The maximum absolute atomic E-state index is 11.5. The number of aliphatic hydroxyl groups excluding tert-OH is 1. The number of hydrogen-bond donors (Lipinski definition) is 2. The number of ether oxygens (including phenoxy) is 1. The molecule has 0 unspecified atom stereocenters. The molecular weight excluding hydrogens is 254 g/mol. The summed E-state index contributed by atoms with van der Waals surface area (Å²) in [5, 5.41) is 11.7. The third-order valence-electron chi connectivity index (χ3n) is 3.96. The second-order valence-electron chi connectivity index (χ2n) is 6.97. The predicted octanol–water partition coefficient (Wildman–Crippen LogP) is 3.48. The molecule has 0 radical (unpaired) electrons. The molecule has 1 amide bonds. The number of carbonyl (C=O) groups excluding carboxylic acids is 1. The first kappa shape index (κ1) is 17.3. The molecular formula is C16H31NO3. The van der Waals surface area contributed by atoms with Gasteiger partial charge in [-0.15, -0.1) is 0 Å². The van der Waals surface area contributed by atoms with Gasteiger partial charge in [-0.3, -0.25) is 0 Å². The zero-order chi connectivity index (χ0) is 15.0. The van der Waals surface area contributed by atoms with Crippen molar-refractivity contribution in [1.82, 2.24) is 5.32 Å². The Morgan fingerprint density at radius 1 is 1.15 bits per heavy atom. The zero-order valence-electron chi connectivity index (χ0n) is 13.3. The number of alkyl carbamates (subject to hydrolysis) is 1. The molecule has 0 spiro atoms. The first-order valence-corrected chi connectivity index (χ1v) is 7.98. The zero-order valence-corrected chi connectivity index (χ0v) is 13.3. The number of aliphatic hydroxyl groups is 1. The summed E-state index contributed by atoms with van der Waals surface area (Å²) in [6.07, 6.45) is 7.90. The number of amides is 1. The molecule has 2 N–H and O–H groups in total. The van der Waals surface area contributed by atoms with Crippen LogP contribution in [0.4, 0.5) is 4.79 Å². The summed E-state index contributed by atoms with van der Waals surface area (Å²) in [6.45, 7) is 6.65. The molecule has 0 aliphatic heterocycles. The Morgan fingerprint density at radius 2 is 1.70 bits per heavy atom. The summed E-state index contributed by atoms with van der Waals surface area (Å²) in [5.41, 5.74) is -0.422. The Bertz CT molecular complexity index is 278. The molecule has 4 nitrogen and oxygen atoms in total. The molecule has 0 bridgehead atoms. The van der Waals surface area contributed by atoms with E-state index < -0.39 is 5.60 Å². The van der Waals surface area contributed by atoms with Crippen LogP contribution in [-0.2, 0) is 4.74 Å². The van der Waals surface area contributed by atoms with Gasteiger partial charge in [-0.1, -0.05) is 25.7 Å². The Morgan fingerprint density at radius 3 is 2.20 bits per heavy atom. The second kappa shape index (κ2) is 8.50. The van der Waals surface area contributed by atoms with E-state index in [4.69, 9.17) is 9.84 Å². The summed E-state index contributed by atoms with van der Waals surface area (Å²) in [6, 6.07) is 0. The number of carbonyl (C=O) groups is 1. The first-order chi connectivity index (χ1) is 9.40. The van der Waals surface area contributed by atoms with Crippen LogP contribution in [0.25, 0.3) is 0 Å². The number of nitrogens with one attached hydrogen (secondary N) is 1. The van der Waals surface area contributed by atoms with Crippen LogP contribution in [0.5, 0.6) is 0 Å². The lowest BCUT2D eigenvalue weighted by Gasteiger charge is -2.28. The lowest BCUT2D eigenvalue weighted by molar-refractivity contribution is 0.0523. The maximum atomic E-state index is 11.5. The minimum Gasteiger partial charge on any atom is -0.444 e. The highest BCUT2D eigenvalue weighted by atomic mass is 16.6. The minimum absolute atomic E-state index is 0.311. The van der Waals surface area contributed by atoms with Gasteiger partial charge in [0.2, 0.25) is 0 Å². The quantitative estimate of drug-likeness (QED) is 0.785. The van der Waals surface area contributed by atoms with Gasteiger partial charge < -0.3 is 15.2 Å². The van der Waals surface area contributed by atoms with E-state index in [9.17, 15) is 4.79 Å². The van der Waals surface area contributed by atoms with E-state index in [0.717, 1.165) is 24.7 Å². The summed E-state index contributed by atoms with van der Waals surface area (Å²) < 4.78 is 5.21. The molecule has 20 heavy (non-hydrogen) atoms. The van der Waals surface area contributed by atoms with Crippen molar-refractivity contribution in [2.45, 2.75) is 71.3 Å². The molecule has 0 saturated heterocycles. The predicted molar refractivity (Wildman–Crippen MR) is 80.6 cm³/mol. The van der Waals surface area contributed by atoms with Crippen LogP contribution < -0.4 is 5.32 Å². The Kier molecular flexibility index (Phi) is 7.35. The van der Waals surface area contributed by atoms with Crippen molar-refractivity contribution >= 4 is 6.09 Å². The fourth-order valence-electron chi connectivity index (χ4n) is 2.88. The van der Waals surface area contributed by atoms with E-state index in [2.05, 4.69) is 5.32 Å². The normalized spacial score (nSPS) is 23.4. The molecule has 0 atom stereocenters. The van der Waals surface area contributed by atoms with Crippen molar-refractivity contribution in [2.24, 2.45) is 11.8 Å². The summed E-state index contributed by atoms with van der Waals surface area (Å²) in [5.74, 6) is 1.53. The number of rotatable bonds is 6. The monoisotopic (exact) mass is 285 g/mol. The first-order valence-electron chi connectivity index (χ1n) is 7.98. The van der Waals surface area contributed by atoms with Crippen LogP contribution in [0.2, 0.25) is 0 Å². The lowest BCUT2D eigenvalue weighted by atomic mass is 9.79. The van der Waals surface area contributed by atoms with Gasteiger partial charge in [0, 0.05) is 13.2 Å². The van der Waals surface area contributed by atoms with Crippen LogP contribution >= 0.6 is 0 Å². The van der Waals surface area contributed by atoms with Gasteiger partial charge in [0.05, 0.1) is 0 Å². The van der Waals surface area contributed by atoms with Crippen molar-refractivity contribution < 1.29 is 14.6 Å². The van der Waals surface area contributed by atoms with Gasteiger partial charge in [-0.05, 0) is 51.9 Å². The molecule has 0 aromatic rings. The summed E-state index contributed by atoms with van der Waals surface area (Å²) >= 11 is 0. The topological polar surface area (TPSA) is 58.6 Å². The van der Waals surface area contributed by atoms with Crippen molar-refractivity contribution in [2.75, 3.05) is 13.2 Å². The van der Waals surface area contributed by atoms with Gasteiger partial charge in [0.1, 0.15) is 5.60 Å². The third-order valence-corrected chi connectivity index (χ3v) is 3.96. The Balaban J connectivity index is 2.08. The van der Waals surface area contributed by atoms with Gasteiger partial charge in [0.25, 0.3) is 0 Å². The van der Waals surface area contributed by atoms with E-state index in [-0.39, 0.29) is 6.09 Å². The van der Waals surface area contributed by atoms with Gasteiger partial charge in [-0.2, -0.15) is 0 Å². The second-order valence-corrected chi connectivity index (χ2v) is 6.97. The van der Waals surface area contributed by atoms with E-state index in [1.165, 1.54) is 32.1 Å². The fourth-order valence-corrected chi connectivity index (χ4v) is 2.88. The molecule has 1 rings (SSSR count). The van der Waals surface area contributed by atoms with E-state index >= 15 is 0 Å². The van der Waals surface area contributed by atoms with E-state index in [1.54, 1.807) is 0 Å². The average molecular weight is 285 g/mol. The highest BCUT2D eigenvalue weighted by Crippen LogP contribution is 2.32. The SMILES string of the molecule is CC(C)(C)OC(=O)NCC[C@H]1CC[C@H](CCCO)CC1. The van der Waals surface area contributed by atoms with Crippen LogP contribution in [0.3, 0.4) is 0 Å². The number of hydrogen-bond acceptors (Lipinski definition) is 3. The summed E-state index contributed by atoms with van der Waals surface area (Å²) in [7, 11) is 0. The lowest BCUT2D eigenvalue weighted by Crippen LogP contribution is -2.33. The molecule has 118 valence electrons. The van der Waals surface area contributed by atoms with Crippen molar-refractivity contribution in [1.29, 1.82) is 0 Å². The van der Waals surface area contributed by atoms with Gasteiger partial charge >= 0.3 is 6.09 Å². The highest BCUT2D eigenvalue weighted by Gasteiger charge is 2.21. The van der Waals surface area contributed by atoms with Gasteiger partial charge in [0.15, 0.2) is 0 Å². The van der Waals surface area contributed by atoms with Gasteiger partial charge in [-0.25, -0.2) is 4.79 Å². The third kappa shape index (κ3) is 7.73. The van der Waals surface area contributed by atoms with Crippen LogP contribution in [0.1, 0.15) is 65.7 Å².